The number of hydrogen-bond acceptors (Lipinski definition) is 7. The summed E-state index contributed by atoms with van der Waals surface area (Å²) in [6, 6.07) is 17.9. The van der Waals surface area contributed by atoms with E-state index in [0.29, 0.717) is 24.9 Å². The molecule has 0 aliphatic carbocycles. The van der Waals surface area contributed by atoms with Gasteiger partial charge in [0.1, 0.15) is 6.61 Å². The minimum atomic E-state index is -1.96. The Morgan fingerprint density at radius 3 is 2.14 bits per heavy atom. The smallest absolute Gasteiger partial charge is 0.344 e. The normalized spacial score (nSPS) is 12.6. The molecule has 28 heavy (non-hydrogen) atoms. The molecule has 0 aliphatic heterocycles. The maximum Gasteiger partial charge on any atom is 0.344 e. The Morgan fingerprint density at radius 1 is 0.929 bits per heavy atom. The predicted octanol–water partition coefficient (Wildman–Crippen LogP) is 2.48. The molecule has 0 bridgehead atoms. The minimum absolute atomic E-state index is 0.00588. The Morgan fingerprint density at radius 2 is 1.54 bits per heavy atom. The molecule has 0 saturated carbocycles. The second-order valence-corrected chi connectivity index (χ2v) is 6.69. The second kappa shape index (κ2) is 10.7. The van der Waals surface area contributed by atoms with Crippen molar-refractivity contribution >= 4 is 29.2 Å². The number of hydrogen-bond donors (Lipinski definition) is 2. The fourth-order valence-corrected chi connectivity index (χ4v) is 2.71. The second-order valence-electron chi connectivity index (χ2n) is 6.32. The first-order valence-electron chi connectivity index (χ1n) is 8.99. The predicted molar refractivity (Wildman–Crippen MR) is 110 cm³/mol. The van der Waals surface area contributed by atoms with Crippen molar-refractivity contribution in [3.8, 4) is 0 Å². The Labute approximate surface area is 169 Å². The van der Waals surface area contributed by atoms with Crippen LogP contribution in [0.4, 0.5) is 0 Å². The molecule has 1 atom stereocenters. The van der Waals surface area contributed by atoms with Gasteiger partial charge in [-0.3, -0.25) is 0 Å². The molecule has 0 fully saturated rings. The van der Waals surface area contributed by atoms with Gasteiger partial charge in [0.05, 0.1) is 0 Å². The summed E-state index contributed by atoms with van der Waals surface area (Å²) in [6.07, 6.45) is 1.13. The summed E-state index contributed by atoms with van der Waals surface area (Å²) >= 11 is 5.16. The maximum absolute atomic E-state index is 12.7. The first kappa shape index (κ1) is 21.7. The van der Waals surface area contributed by atoms with E-state index in [-0.39, 0.29) is 18.1 Å². The number of carbonyl (C=O) groups is 2. The number of ether oxygens (including phenoxy) is 2. The zero-order chi connectivity index (χ0) is 20.4. The molecule has 0 amide bonds. The lowest BCUT2D eigenvalue weighted by Crippen LogP contribution is -2.57. The molecular weight excluding hydrogens is 376 g/mol. The van der Waals surface area contributed by atoms with E-state index in [4.69, 9.17) is 33.2 Å². The van der Waals surface area contributed by atoms with Crippen molar-refractivity contribution in [3.63, 3.8) is 0 Å². The number of esters is 2. The molecule has 0 aromatic heterocycles. The first-order chi connectivity index (χ1) is 13.5. The highest BCUT2D eigenvalue weighted by molar-refractivity contribution is 7.80. The van der Waals surface area contributed by atoms with Crippen LogP contribution in [-0.2, 0) is 25.7 Å². The van der Waals surface area contributed by atoms with E-state index in [9.17, 15) is 9.59 Å². The van der Waals surface area contributed by atoms with Gasteiger partial charge in [-0.25, -0.2) is 9.59 Å². The largest absolute Gasteiger partial charge is 0.459 e. The van der Waals surface area contributed by atoms with Crippen molar-refractivity contribution in [2.24, 2.45) is 11.5 Å². The topological polar surface area (TPSA) is 105 Å². The van der Waals surface area contributed by atoms with Gasteiger partial charge in [-0.15, -0.1) is 0 Å². The Kier molecular flexibility index (Phi) is 8.25. The fraction of sp³-hybridized carbons (Fsp3) is 0.286. The molecule has 2 rings (SSSR count). The van der Waals surface area contributed by atoms with Gasteiger partial charge >= 0.3 is 11.9 Å². The zero-order valence-corrected chi connectivity index (χ0v) is 16.3. The van der Waals surface area contributed by atoms with Crippen LogP contribution in [0.15, 0.2) is 60.7 Å². The highest BCUT2D eigenvalue weighted by atomic mass is 32.1. The third-order valence-electron chi connectivity index (χ3n) is 4.16. The number of benzene rings is 2. The SMILES string of the molecule is NCCCCC(N)(C(=O)OCc1ccccc1)C(=O)OC(=S)c1ccccc1. The van der Waals surface area contributed by atoms with Gasteiger partial charge in [0.2, 0.25) is 10.6 Å². The van der Waals surface area contributed by atoms with E-state index >= 15 is 0 Å². The van der Waals surface area contributed by atoms with Gasteiger partial charge in [-0.1, -0.05) is 60.7 Å². The molecule has 2 aromatic rings. The van der Waals surface area contributed by atoms with Gasteiger partial charge < -0.3 is 20.9 Å². The molecular formula is C21H24N2O4S. The number of rotatable bonds is 9. The summed E-state index contributed by atoms with van der Waals surface area (Å²) in [6.45, 7) is 0.429. The molecule has 2 aromatic carbocycles. The molecule has 7 heteroatoms. The molecule has 0 spiro atoms. The summed E-state index contributed by atoms with van der Waals surface area (Å²) in [5.74, 6) is -1.79. The molecule has 0 saturated heterocycles. The molecule has 0 aliphatic rings. The fourth-order valence-electron chi connectivity index (χ4n) is 2.50. The monoisotopic (exact) mass is 400 g/mol. The van der Waals surface area contributed by atoms with E-state index in [1.807, 2.05) is 36.4 Å². The van der Waals surface area contributed by atoms with E-state index in [1.165, 1.54) is 0 Å². The van der Waals surface area contributed by atoms with Gasteiger partial charge in [0.15, 0.2) is 0 Å². The Hall–Kier alpha value is -2.61. The third-order valence-corrected chi connectivity index (χ3v) is 4.48. The third kappa shape index (κ3) is 5.95. The quantitative estimate of drug-likeness (QED) is 0.288. The van der Waals surface area contributed by atoms with Crippen LogP contribution in [0, 0.1) is 0 Å². The molecule has 6 nitrogen and oxygen atoms in total. The summed E-state index contributed by atoms with van der Waals surface area (Å²) in [5.41, 5.74) is 11.1. The number of thiocarbonyl (C=S) groups is 1. The number of carbonyl (C=O) groups excluding carboxylic acids is 2. The van der Waals surface area contributed by atoms with Crippen LogP contribution < -0.4 is 11.5 Å². The molecule has 0 radical (unpaired) electrons. The van der Waals surface area contributed by atoms with Crippen molar-refractivity contribution in [3.05, 3.63) is 71.8 Å². The van der Waals surface area contributed by atoms with Crippen molar-refractivity contribution in [1.29, 1.82) is 0 Å². The van der Waals surface area contributed by atoms with Crippen LogP contribution in [0.2, 0.25) is 0 Å². The number of nitrogens with two attached hydrogens (primary N) is 2. The summed E-state index contributed by atoms with van der Waals surface area (Å²) in [7, 11) is 0. The lowest BCUT2D eigenvalue weighted by Gasteiger charge is -2.25. The molecule has 1 unspecified atom stereocenters. The van der Waals surface area contributed by atoms with E-state index in [0.717, 1.165) is 5.56 Å². The van der Waals surface area contributed by atoms with Crippen molar-refractivity contribution in [2.75, 3.05) is 6.54 Å². The van der Waals surface area contributed by atoms with E-state index < -0.39 is 17.5 Å². The number of unbranched alkanes of at least 4 members (excludes halogenated alkanes) is 1. The molecule has 0 heterocycles. The van der Waals surface area contributed by atoms with Gasteiger partial charge in [-0.2, -0.15) is 0 Å². The van der Waals surface area contributed by atoms with Crippen molar-refractivity contribution in [1.82, 2.24) is 0 Å². The summed E-state index contributed by atoms with van der Waals surface area (Å²) < 4.78 is 10.5. The summed E-state index contributed by atoms with van der Waals surface area (Å²) in [4.78, 5) is 25.4. The van der Waals surface area contributed by atoms with Crippen LogP contribution in [0.3, 0.4) is 0 Å². The average Bonchev–Trinajstić information content (AvgIpc) is 2.73. The Balaban J connectivity index is 2.09. The van der Waals surface area contributed by atoms with Crippen LogP contribution in [0.25, 0.3) is 0 Å². The molecule has 4 N–H and O–H groups in total. The van der Waals surface area contributed by atoms with Crippen LogP contribution in [-0.4, -0.2) is 29.1 Å². The van der Waals surface area contributed by atoms with E-state index in [1.54, 1.807) is 24.3 Å². The van der Waals surface area contributed by atoms with E-state index in [2.05, 4.69) is 0 Å². The van der Waals surface area contributed by atoms with Crippen LogP contribution >= 0.6 is 12.2 Å². The first-order valence-corrected chi connectivity index (χ1v) is 9.40. The highest BCUT2D eigenvalue weighted by Gasteiger charge is 2.45. The minimum Gasteiger partial charge on any atom is -0.459 e. The molecule has 148 valence electrons. The van der Waals surface area contributed by atoms with Crippen LogP contribution in [0.1, 0.15) is 30.4 Å². The van der Waals surface area contributed by atoms with Crippen LogP contribution in [0.5, 0.6) is 0 Å². The lowest BCUT2D eigenvalue weighted by atomic mass is 9.93. The zero-order valence-electron chi connectivity index (χ0n) is 15.5. The van der Waals surface area contributed by atoms with Gasteiger partial charge in [0, 0.05) is 5.56 Å². The van der Waals surface area contributed by atoms with Crippen molar-refractivity contribution in [2.45, 2.75) is 31.4 Å². The highest BCUT2D eigenvalue weighted by Crippen LogP contribution is 2.18. The van der Waals surface area contributed by atoms with Gasteiger partial charge in [0.25, 0.3) is 0 Å². The van der Waals surface area contributed by atoms with Crippen molar-refractivity contribution < 1.29 is 19.1 Å². The summed E-state index contributed by atoms with van der Waals surface area (Å²) in [5, 5.41) is -0.0462. The lowest BCUT2D eigenvalue weighted by molar-refractivity contribution is -0.161. The standard InChI is InChI=1S/C21H24N2O4S/c22-14-8-7-13-21(23,19(24)26-15-16-9-3-1-4-10-16)20(25)27-18(28)17-11-5-2-6-12-17/h1-6,9-12H,7-8,13-15,22-23H2. The Bertz CT molecular complexity index is 799. The average molecular weight is 401 g/mol. The maximum atomic E-state index is 12.7. The van der Waals surface area contributed by atoms with Gasteiger partial charge in [-0.05, 0) is 43.6 Å².